The van der Waals surface area contributed by atoms with Crippen LogP contribution in [-0.2, 0) is 0 Å². The van der Waals surface area contributed by atoms with Crippen molar-refractivity contribution in [2.75, 3.05) is 0 Å². The molecule has 0 aliphatic rings. The van der Waals surface area contributed by atoms with Crippen molar-refractivity contribution in [2.24, 2.45) is 5.84 Å². The molecule has 0 saturated heterocycles. The highest BCUT2D eigenvalue weighted by molar-refractivity contribution is 6.31. The van der Waals surface area contributed by atoms with Gasteiger partial charge in [-0.25, -0.2) is 0 Å². The lowest BCUT2D eigenvalue weighted by atomic mass is 10.0. The van der Waals surface area contributed by atoms with Gasteiger partial charge in [0.2, 0.25) is 0 Å². The number of hydrogen-bond donors (Lipinski definition) is 2. The lowest BCUT2D eigenvalue weighted by Crippen LogP contribution is -2.27. The second-order valence-electron chi connectivity index (χ2n) is 3.47. The van der Waals surface area contributed by atoms with Crippen molar-refractivity contribution in [3.05, 3.63) is 34.3 Å². The molecule has 3 N–H and O–H groups in total. The zero-order valence-corrected chi connectivity index (χ0v) is 9.51. The Balaban J connectivity index is 2.83. The van der Waals surface area contributed by atoms with Crippen LogP contribution in [0.1, 0.15) is 30.0 Å². The highest BCUT2D eigenvalue weighted by Gasteiger charge is 2.09. The fourth-order valence-corrected chi connectivity index (χ4v) is 1.58. The summed E-state index contributed by atoms with van der Waals surface area (Å²) in [6.45, 7) is 1.97. The van der Waals surface area contributed by atoms with Crippen LogP contribution < -0.4 is 11.3 Å². The minimum atomic E-state index is 0.0945. The minimum Gasteiger partial charge on any atom is -0.271 e. The van der Waals surface area contributed by atoms with Crippen LogP contribution in [0.2, 0.25) is 5.02 Å². The van der Waals surface area contributed by atoms with E-state index in [-0.39, 0.29) is 6.04 Å². The van der Waals surface area contributed by atoms with Crippen molar-refractivity contribution in [1.82, 2.24) is 5.43 Å². The van der Waals surface area contributed by atoms with E-state index in [9.17, 15) is 0 Å². The predicted molar refractivity (Wildman–Crippen MR) is 64.3 cm³/mol. The zero-order chi connectivity index (χ0) is 11.3. The predicted octanol–water partition coefficient (Wildman–Crippen LogP) is 2.57. The Morgan fingerprint density at radius 2 is 2.33 bits per heavy atom. The molecule has 2 nitrogen and oxygen atoms in total. The maximum Gasteiger partial charge on any atom is 0.0469 e. The summed E-state index contributed by atoms with van der Waals surface area (Å²) in [5.41, 5.74) is 4.93. The van der Waals surface area contributed by atoms with Crippen LogP contribution in [-0.4, -0.2) is 0 Å². The number of hydrogen-bond acceptors (Lipinski definition) is 2. The lowest BCUT2D eigenvalue weighted by molar-refractivity contribution is 0.523. The number of hydrazine groups is 1. The molecule has 0 aromatic heterocycles. The van der Waals surface area contributed by atoms with Gasteiger partial charge < -0.3 is 0 Å². The van der Waals surface area contributed by atoms with Crippen LogP contribution >= 0.6 is 11.6 Å². The van der Waals surface area contributed by atoms with E-state index in [2.05, 4.69) is 11.3 Å². The van der Waals surface area contributed by atoms with Crippen LogP contribution in [0, 0.1) is 19.3 Å². The third kappa shape index (κ3) is 3.24. The molecule has 3 heteroatoms. The van der Waals surface area contributed by atoms with E-state index >= 15 is 0 Å². The van der Waals surface area contributed by atoms with Crippen LogP contribution in [0.5, 0.6) is 0 Å². The van der Waals surface area contributed by atoms with Crippen LogP contribution in [0.3, 0.4) is 0 Å². The zero-order valence-electron chi connectivity index (χ0n) is 8.76. The summed E-state index contributed by atoms with van der Waals surface area (Å²) in [5, 5.41) is 0.770. The Morgan fingerprint density at radius 3 is 2.87 bits per heavy atom. The second-order valence-corrected chi connectivity index (χ2v) is 3.88. The molecule has 1 unspecified atom stereocenters. The molecule has 0 saturated carbocycles. The molecular weight excluding hydrogens is 208 g/mol. The Labute approximate surface area is 95.8 Å². The first-order valence-corrected chi connectivity index (χ1v) is 5.22. The number of nitrogens with two attached hydrogens (primary N) is 1. The van der Waals surface area contributed by atoms with E-state index < -0.39 is 0 Å². The topological polar surface area (TPSA) is 38.0 Å². The van der Waals surface area contributed by atoms with E-state index in [1.807, 2.05) is 25.1 Å². The van der Waals surface area contributed by atoms with Gasteiger partial charge in [0.05, 0.1) is 0 Å². The highest BCUT2D eigenvalue weighted by atomic mass is 35.5. The first-order valence-electron chi connectivity index (χ1n) is 4.84. The van der Waals surface area contributed by atoms with E-state index in [0.717, 1.165) is 22.6 Å². The number of terminal acetylenes is 1. The normalized spacial score (nSPS) is 12.1. The van der Waals surface area contributed by atoms with E-state index in [0.29, 0.717) is 6.42 Å². The average molecular weight is 223 g/mol. The summed E-state index contributed by atoms with van der Waals surface area (Å²) in [5.74, 6) is 8.09. The van der Waals surface area contributed by atoms with Crippen molar-refractivity contribution in [3.63, 3.8) is 0 Å². The van der Waals surface area contributed by atoms with Gasteiger partial charge in [-0.1, -0.05) is 23.7 Å². The van der Waals surface area contributed by atoms with Gasteiger partial charge in [0.25, 0.3) is 0 Å². The first-order chi connectivity index (χ1) is 7.19. The lowest BCUT2D eigenvalue weighted by Gasteiger charge is -2.15. The van der Waals surface area contributed by atoms with Crippen LogP contribution in [0.4, 0.5) is 0 Å². The molecule has 0 amide bonds. The SMILES string of the molecule is C#CCCC(NN)c1ccc(Cl)c(C)c1. The van der Waals surface area contributed by atoms with Gasteiger partial charge >= 0.3 is 0 Å². The largest absolute Gasteiger partial charge is 0.271 e. The number of halogens is 1. The maximum atomic E-state index is 5.95. The first kappa shape index (κ1) is 12.1. The molecule has 1 aromatic rings. The van der Waals surface area contributed by atoms with Crippen molar-refractivity contribution in [1.29, 1.82) is 0 Å². The summed E-state index contributed by atoms with van der Waals surface area (Å²) in [7, 11) is 0. The van der Waals surface area contributed by atoms with Crippen LogP contribution in [0.25, 0.3) is 0 Å². The van der Waals surface area contributed by atoms with E-state index in [1.54, 1.807) is 0 Å². The molecule has 1 atom stereocenters. The molecule has 1 rings (SSSR count). The van der Waals surface area contributed by atoms with Gasteiger partial charge in [0, 0.05) is 17.5 Å². The Morgan fingerprint density at radius 1 is 1.60 bits per heavy atom. The number of benzene rings is 1. The average Bonchev–Trinajstić information content (AvgIpc) is 2.24. The van der Waals surface area contributed by atoms with E-state index in [4.69, 9.17) is 23.9 Å². The van der Waals surface area contributed by atoms with Gasteiger partial charge in [-0.05, 0) is 30.5 Å². The molecule has 0 spiro atoms. The second kappa shape index (κ2) is 5.77. The minimum absolute atomic E-state index is 0.0945. The maximum absolute atomic E-state index is 5.95. The molecule has 0 fully saturated rings. The number of aryl methyl sites for hydroxylation is 1. The van der Waals surface area contributed by atoms with Gasteiger partial charge in [-0.15, -0.1) is 12.3 Å². The molecule has 0 radical (unpaired) electrons. The Kier molecular flexibility index (Phi) is 4.64. The van der Waals surface area contributed by atoms with Gasteiger partial charge in [0.1, 0.15) is 0 Å². The quantitative estimate of drug-likeness (QED) is 0.467. The molecule has 0 aliphatic carbocycles. The van der Waals surface area contributed by atoms with Gasteiger partial charge in [0.15, 0.2) is 0 Å². The molecule has 80 valence electrons. The molecule has 0 bridgehead atoms. The smallest absolute Gasteiger partial charge is 0.0469 e. The van der Waals surface area contributed by atoms with Crippen molar-refractivity contribution in [3.8, 4) is 12.3 Å². The molecule has 15 heavy (non-hydrogen) atoms. The van der Waals surface area contributed by atoms with Crippen molar-refractivity contribution in [2.45, 2.75) is 25.8 Å². The summed E-state index contributed by atoms with van der Waals surface area (Å²) < 4.78 is 0. The van der Waals surface area contributed by atoms with Crippen molar-refractivity contribution >= 4 is 11.6 Å². The molecule has 0 heterocycles. The summed E-state index contributed by atoms with van der Waals surface area (Å²) in [4.78, 5) is 0. The Bertz CT molecular complexity index is 368. The third-order valence-corrected chi connectivity index (χ3v) is 2.79. The summed E-state index contributed by atoms with van der Waals surface area (Å²) in [6, 6.07) is 5.98. The monoisotopic (exact) mass is 222 g/mol. The molecule has 0 aliphatic heterocycles. The van der Waals surface area contributed by atoms with Crippen molar-refractivity contribution < 1.29 is 0 Å². The third-order valence-electron chi connectivity index (χ3n) is 2.36. The van der Waals surface area contributed by atoms with E-state index in [1.165, 1.54) is 0 Å². The van der Waals surface area contributed by atoms with Crippen LogP contribution in [0.15, 0.2) is 18.2 Å². The fourth-order valence-electron chi connectivity index (χ4n) is 1.46. The standard InChI is InChI=1S/C12H15ClN2/c1-3-4-5-12(15-14)10-6-7-11(13)9(2)8-10/h1,6-8,12,15H,4-5,14H2,2H3. The molecular formula is C12H15ClN2. The molecule has 1 aromatic carbocycles. The number of nitrogens with one attached hydrogen (secondary N) is 1. The van der Waals surface area contributed by atoms with Gasteiger partial charge in [-0.3, -0.25) is 11.3 Å². The van der Waals surface area contributed by atoms with Gasteiger partial charge in [-0.2, -0.15) is 0 Å². The summed E-state index contributed by atoms with van der Waals surface area (Å²) in [6.07, 6.45) is 6.76. The highest BCUT2D eigenvalue weighted by Crippen LogP contribution is 2.22. The Hall–Kier alpha value is -1.01. The number of rotatable bonds is 4. The fraction of sp³-hybridized carbons (Fsp3) is 0.333. The summed E-state index contributed by atoms with van der Waals surface area (Å²) >= 11 is 5.95.